The summed E-state index contributed by atoms with van der Waals surface area (Å²) in [4.78, 5) is 0. The molecule has 1 rings (SSSR count). The highest BCUT2D eigenvalue weighted by atomic mass is 16.5. The Bertz CT molecular complexity index is 460. The Kier molecular flexibility index (Phi) is 5.38. The van der Waals surface area contributed by atoms with Crippen molar-refractivity contribution >= 4 is 0 Å². The maximum atomic E-state index is 9.30. The summed E-state index contributed by atoms with van der Waals surface area (Å²) in [6, 6.07) is 8.06. The molecule has 0 aliphatic heterocycles. The van der Waals surface area contributed by atoms with Crippen molar-refractivity contribution in [3.8, 4) is 11.8 Å². The zero-order valence-electron chi connectivity index (χ0n) is 12.5. The van der Waals surface area contributed by atoms with Gasteiger partial charge in [0.2, 0.25) is 0 Å². The highest BCUT2D eigenvalue weighted by Gasteiger charge is 2.25. The largest absolute Gasteiger partial charge is 0.496 e. The molecule has 0 radical (unpaired) electrons. The van der Waals surface area contributed by atoms with Crippen molar-refractivity contribution < 1.29 is 4.74 Å². The van der Waals surface area contributed by atoms with Gasteiger partial charge in [-0.25, -0.2) is 0 Å². The maximum absolute atomic E-state index is 9.30. The Morgan fingerprint density at radius 3 is 2.26 bits per heavy atom. The Morgan fingerprint density at radius 2 is 1.84 bits per heavy atom. The molecule has 104 valence electrons. The van der Waals surface area contributed by atoms with Crippen molar-refractivity contribution in [3.05, 3.63) is 29.3 Å². The van der Waals surface area contributed by atoms with Crippen molar-refractivity contribution in [2.75, 3.05) is 7.11 Å². The van der Waals surface area contributed by atoms with Crippen LogP contribution in [-0.2, 0) is 0 Å². The molecule has 0 aliphatic carbocycles. The number of ether oxygens (including phenoxy) is 1. The minimum absolute atomic E-state index is 0.212. The molecular weight excluding hydrogens is 236 g/mol. The molecule has 0 aromatic heterocycles. The van der Waals surface area contributed by atoms with Gasteiger partial charge in [-0.05, 0) is 23.5 Å². The van der Waals surface area contributed by atoms with E-state index in [1.165, 1.54) is 5.56 Å². The highest BCUT2D eigenvalue weighted by molar-refractivity contribution is 5.41. The first-order chi connectivity index (χ1) is 8.92. The Labute approximate surface area is 116 Å². The average molecular weight is 260 g/mol. The van der Waals surface area contributed by atoms with E-state index in [2.05, 4.69) is 32.0 Å². The van der Waals surface area contributed by atoms with Crippen LogP contribution in [0.5, 0.6) is 5.75 Å². The summed E-state index contributed by atoms with van der Waals surface area (Å²) in [6.07, 6.45) is 0. The van der Waals surface area contributed by atoms with Crippen LogP contribution in [0.1, 0.15) is 50.8 Å². The number of benzene rings is 1. The van der Waals surface area contributed by atoms with Crippen LogP contribution in [0.15, 0.2) is 18.2 Å². The Morgan fingerprint density at radius 1 is 1.21 bits per heavy atom. The molecule has 0 aliphatic rings. The van der Waals surface area contributed by atoms with E-state index in [4.69, 9.17) is 10.5 Å². The van der Waals surface area contributed by atoms with Gasteiger partial charge in [0.25, 0.3) is 0 Å². The van der Waals surface area contributed by atoms with Crippen LogP contribution >= 0.6 is 0 Å². The van der Waals surface area contributed by atoms with E-state index in [0.29, 0.717) is 5.92 Å². The molecule has 0 amide bonds. The summed E-state index contributed by atoms with van der Waals surface area (Å²) < 4.78 is 5.39. The standard InChI is InChI=1S/C16H24N2O/c1-10(2)12-6-7-15(19-5)13(8-12)16(18)14(9-17)11(3)4/h6-8,10-11,14,16H,18H2,1-5H3. The fourth-order valence-corrected chi connectivity index (χ4v) is 2.21. The van der Waals surface area contributed by atoms with Crippen LogP contribution in [0.4, 0.5) is 0 Å². The minimum atomic E-state index is -0.321. The SMILES string of the molecule is COc1ccc(C(C)C)cc1C(N)C(C#N)C(C)C. The van der Waals surface area contributed by atoms with Gasteiger partial charge in [-0.1, -0.05) is 39.8 Å². The summed E-state index contributed by atoms with van der Waals surface area (Å²) in [7, 11) is 1.64. The first kappa shape index (κ1) is 15.5. The molecule has 0 saturated heterocycles. The van der Waals surface area contributed by atoms with E-state index in [9.17, 15) is 5.26 Å². The fraction of sp³-hybridized carbons (Fsp3) is 0.562. The van der Waals surface area contributed by atoms with E-state index in [-0.39, 0.29) is 17.9 Å². The number of nitriles is 1. The van der Waals surface area contributed by atoms with Crippen molar-refractivity contribution in [1.29, 1.82) is 5.26 Å². The van der Waals surface area contributed by atoms with E-state index in [1.807, 2.05) is 19.9 Å². The van der Waals surface area contributed by atoms with Crippen LogP contribution < -0.4 is 10.5 Å². The van der Waals surface area contributed by atoms with Crippen molar-refractivity contribution in [3.63, 3.8) is 0 Å². The Hall–Kier alpha value is -1.53. The summed E-state index contributed by atoms with van der Waals surface area (Å²) >= 11 is 0. The van der Waals surface area contributed by atoms with Gasteiger partial charge in [-0.2, -0.15) is 5.26 Å². The molecule has 2 atom stereocenters. The van der Waals surface area contributed by atoms with E-state index >= 15 is 0 Å². The number of methoxy groups -OCH3 is 1. The molecule has 3 heteroatoms. The molecule has 3 nitrogen and oxygen atoms in total. The predicted molar refractivity (Wildman–Crippen MR) is 78.0 cm³/mol. The molecule has 1 aromatic carbocycles. The van der Waals surface area contributed by atoms with Gasteiger partial charge in [0.05, 0.1) is 19.1 Å². The van der Waals surface area contributed by atoms with E-state index in [0.717, 1.165) is 11.3 Å². The van der Waals surface area contributed by atoms with Gasteiger partial charge in [0, 0.05) is 11.6 Å². The number of nitrogens with zero attached hydrogens (tertiary/aromatic N) is 1. The molecule has 0 heterocycles. The highest BCUT2D eigenvalue weighted by Crippen LogP contribution is 2.33. The van der Waals surface area contributed by atoms with Crippen LogP contribution in [-0.4, -0.2) is 7.11 Å². The molecule has 0 bridgehead atoms. The lowest BCUT2D eigenvalue weighted by molar-refractivity contribution is 0.372. The van der Waals surface area contributed by atoms with Crippen molar-refractivity contribution in [2.24, 2.45) is 17.6 Å². The van der Waals surface area contributed by atoms with Crippen molar-refractivity contribution in [2.45, 2.75) is 39.7 Å². The molecule has 1 aromatic rings. The Balaban J connectivity index is 3.23. The second kappa shape index (κ2) is 6.58. The predicted octanol–water partition coefficient (Wildman–Crippen LogP) is 3.61. The van der Waals surface area contributed by atoms with E-state index in [1.54, 1.807) is 7.11 Å². The third-order valence-electron chi connectivity index (χ3n) is 3.53. The third-order valence-corrected chi connectivity index (χ3v) is 3.53. The zero-order valence-corrected chi connectivity index (χ0v) is 12.5. The van der Waals surface area contributed by atoms with Crippen LogP contribution in [0, 0.1) is 23.2 Å². The van der Waals surface area contributed by atoms with Gasteiger partial charge in [0.15, 0.2) is 0 Å². The molecule has 0 saturated carbocycles. The fourth-order valence-electron chi connectivity index (χ4n) is 2.21. The number of hydrogen-bond donors (Lipinski definition) is 1. The normalized spacial score (nSPS) is 14.3. The monoisotopic (exact) mass is 260 g/mol. The number of hydrogen-bond acceptors (Lipinski definition) is 3. The lowest BCUT2D eigenvalue weighted by Gasteiger charge is -2.24. The van der Waals surface area contributed by atoms with Gasteiger partial charge < -0.3 is 10.5 Å². The summed E-state index contributed by atoms with van der Waals surface area (Å²) in [5, 5.41) is 9.30. The average Bonchev–Trinajstić information content (AvgIpc) is 2.38. The second-order valence-electron chi connectivity index (χ2n) is 5.58. The maximum Gasteiger partial charge on any atom is 0.123 e. The van der Waals surface area contributed by atoms with Gasteiger partial charge in [0.1, 0.15) is 5.75 Å². The third kappa shape index (κ3) is 3.48. The first-order valence-electron chi connectivity index (χ1n) is 6.75. The van der Waals surface area contributed by atoms with Crippen LogP contribution in [0.3, 0.4) is 0 Å². The quantitative estimate of drug-likeness (QED) is 0.879. The molecule has 2 N–H and O–H groups in total. The molecule has 0 spiro atoms. The molecule has 19 heavy (non-hydrogen) atoms. The first-order valence-corrected chi connectivity index (χ1v) is 6.75. The number of nitrogens with two attached hydrogens (primary N) is 1. The van der Waals surface area contributed by atoms with Crippen LogP contribution in [0.2, 0.25) is 0 Å². The summed E-state index contributed by atoms with van der Waals surface area (Å²) in [5.41, 5.74) is 8.43. The van der Waals surface area contributed by atoms with Gasteiger partial charge >= 0.3 is 0 Å². The van der Waals surface area contributed by atoms with Crippen LogP contribution in [0.25, 0.3) is 0 Å². The lowest BCUT2D eigenvalue weighted by Crippen LogP contribution is -2.25. The summed E-state index contributed by atoms with van der Waals surface area (Å²) in [5.74, 6) is 1.19. The van der Waals surface area contributed by atoms with Crippen molar-refractivity contribution in [1.82, 2.24) is 0 Å². The lowest BCUT2D eigenvalue weighted by atomic mass is 9.84. The summed E-state index contributed by atoms with van der Waals surface area (Å²) in [6.45, 7) is 8.32. The second-order valence-corrected chi connectivity index (χ2v) is 5.58. The molecular formula is C16H24N2O. The van der Waals surface area contributed by atoms with Gasteiger partial charge in [-0.15, -0.1) is 0 Å². The zero-order chi connectivity index (χ0) is 14.6. The smallest absolute Gasteiger partial charge is 0.123 e. The minimum Gasteiger partial charge on any atom is -0.496 e. The van der Waals surface area contributed by atoms with Gasteiger partial charge in [-0.3, -0.25) is 0 Å². The number of rotatable bonds is 5. The molecule has 0 fully saturated rings. The topological polar surface area (TPSA) is 59.0 Å². The van der Waals surface area contributed by atoms with E-state index < -0.39 is 0 Å². The molecule has 2 unspecified atom stereocenters.